The summed E-state index contributed by atoms with van der Waals surface area (Å²) in [6.07, 6.45) is 4.18. The molecule has 1 N–H and O–H groups in total. The van der Waals surface area contributed by atoms with Gasteiger partial charge in [0.25, 0.3) is 0 Å². The number of nitrogens with zero attached hydrogens (tertiary/aromatic N) is 1. The Balaban J connectivity index is 1.68. The van der Waals surface area contributed by atoms with Crippen LogP contribution in [0.15, 0.2) is 17.5 Å². The van der Waals surface area contributed by atoms with E-state index in [1.165, 1.54) is 43.8 Å². The SMILES string of the molecule is CC(c1cccs1)N1CCCNC(C2CC2)C1. The van der Waals surface area contributed by atoms with Crippen LogP contribution in [-0.2, 0) is 0 Å². The van der Waals surface area contributed by atoms with E-state index in [1.807, 2.05) is 11.3 Å². The van der Waals surface area contributed by atoms with Gasteiger partial charge < -0.3 is 5.32 Å². The Morgan fingerprint density at radius 2 is 2.35 bits per heavy atom. The lowest BCUT2D eigenvalue weighted by Gasteiger charge is -2.29. The van der Waals surface area contributed by atoms with Crippen LogP contribution >= 0.6 is 11.3 Å². The fraction of sp³-hybridized carbons (Fsp3) is 0.714. The summed E-state index contributed by atoms with van der Waals surface area (Å²) in [4.78, 5) is 4.19. The molecule has 2 aliphatic rings. The average Bonchev–Trinajstić information content (AvgIpc) is 3.08. The largest absolute Gasteiger partial charge is 0.312 e. The summed E-state index contributed by atoms with van der Waals surface area (Å²) in [7, 11) is 0. The van der Waals surface area contributed by atoms with Crippen LogP contribution in [0.5, 0.6) is 0 Å². The van der Waals surface area contributed by atoms with Crippen molar-refractivity contribution >= 4 is 11.3 Å². The van der Waals surface area contributed by atoms with E-state index < -0.39 is 0 Å². The number of rotatable bonds is 3. The molecule has 2 heterocycles. The molecular formula is C14H22N2S. The van der Waals surface area contributed by atoms with E-state index >= 15 is 0 Å². The van der Waals surface area contributed by atoms with Gasteiger partial charge in [-0.1, -0.05) is 6.07 Å². The maximum Gasteiger partial charge on any atom is 0.0413 e. The summed E-state index contributed by atoms with van der Waals surface area (Å²) in [6.45, 7) is 6.05. The van der Waals surface area contributed by atoms with Crippen LogP contribution < -0.4 is 5.32 Å². The topological polar surface area (TPSA) is 15.3 Å². The van der Waals surface area contributed by atoms with Crippen LogP contribution in [0.4, 0.5) is 0 Å². The third kappa shape index (κ3) is 2.72. The third-order valence-electron chi connectivity index (χ3n) is 4.15. The summed E-state index contributed by atoms with van der Waals surface area (Å²) >= 11 is 1.89. The smallest absolute Gasteiger partial charge is 0.0413 e. The second-order valence-corrected chi connectivity index (χ2v) is 6.42. The predicted octanol–water partition coefficient (Wildman–Crippen LogP) is 2.88. The van der Waals surface area contributed by atoms with Gasteiger partial charge in [0.2, 0.25) is 0 Å². The summed E-state index contributed by atoms with van der Waals surface area (Å²) in [5.41, 5.74) is 0. The van der Waals surface area contributed by atoms with Crippen LogP contribution in [-0.4, -0.2) is 30.6 Å². The molecule has 0 amide bonds. The highest BCUT2D eigenvalue weighted by atomic mass is 32.1. The Kier molecular flexibility index (Phi) is 3.50. The van der Waals surface area contributed by atoms with Crippen LogP contribution in [0, 0.1) is 5.92 Å². The standard InChI is InChI=1S/C14H22N2S/c1-11(14-4-2-9-17-14)16-8-3-7-15-13(10-16)12-5-6-12/h2,4,9,11-13,15H,3,5-8,10H2,1H3. The molecule has 0 bridgehead atoms. The summed E-state index contributed by atoms with van der Waals surface area (Å²) < 4.78 is 0. The van der Waals surface area contributed by atoms with Crippen LogP contribution in [0.25, 0.3) is 0 Å². The van der Waals surface area contributed by atoms with Crippen LogP contribution in [0.3, 0.4) is 0 Å². The first-order valence-corrected chi connectivity index (χ1v) is 7.73. The monoisotopic (exact) mass is 250 g/mol. The fourth-order valence-corrected chi connectivity index (χ4v) is 3.67. The Morgan fingerprint density at radius 1 is 1.47 bits per heavy atom. The van der Waals surface area contributed by atoms with E-state index in [2.05, 4.69) is 34.7 Å². The third-order valence-corrected chi connectivity index (χ3v) is 5.20. The van der Waals surface area contributed by atoms with Crippen molar-refractivity contribution < 1.29 is 0 Å². The van der Waals surface area contributed by atoms with Crippen molar-refractivity contribution in [2.75, 3.05) is 19.6 Å². The lowest BCUT2D eigenvalue weighted by atomic mass is 10.1. The molecule has 2 nitrogen and oxygen atoms in total. The highest BCUT2D eigenvalue weighted by Gasteiger charge is 2.34. The number of hydrogen-bond donors (Lipinski definition) is 1. The van der Waals surface area contributed by atoms with Crippen molar-refractivity contribution in [2.24, 2.45) is 5.92 Å². The molecule has 1 saturated heterocycles. The normalized spacial score (nSPS) is 28.9. The van der Waals surface area contributed by atoms with Crippen molar-refractivity contribution in [3.05, 3.63) is 22.4 Å². The molecule has 2 fully saturated rings. The van der Waals surface area contributed by atoms with E-state index in [0.29, 0.717) is 6.04 Å². The van der Waals surface area contributed by atoms with Gasteiger partial charge in [0.05, 0.1) is 0 Å². The minimum Gasteiger partial charge on any atom is -0.312 e. The maximum absolute atomic E-state index is 3.74. The minimum atomic E-state index is 0.594. The van der Waals surface area contributed by atoms with Gasteiger partial charge in [0.1, 0.15) is 0 Å². The molecule has 0 spiro atoms. The van der Waals surface area contributed by atoms with Crippen molar-refractivity contribution in [3.63, 3.8) is 0 Å². The lowest BCUT2D eigenvalue weighted by Crippen LogP contribution is -2.40. The minimum absolute atomic E-state index is 0.594. The molecule has 0 radical (unpaired) electrons. The van der Waals surface area contributed by atoms with Gasteiger partial charge >= 0.3 is 0 Å². The predicted molar refractivity (Wildman–Crippen MR) is 73.4 cm³/mol. The molecule has 1 aromatic rings. The second kappa shape index (κ2) is 5.09. The van der Waals surface area contributed by atoms with Crippen molar-refractivity contribution in [1.82, 2.24) is 10.2 Å². The van der Waals surface area contributed by atoms with Gasteiger partial charge in [0, 0.05) is 30.1 Å². The number of thiophene rings is 1. The molecule has 1 aromatic heterocycles. The van der Waals surface area contributed by atoms with E-state index in [9.17, 15) is 0 Å². The van der Waals surface area contributed by atoms with Gasteiger partial charge in [-0.15, -0.1) is 11.3 Å². The second-order valence-electron chi connectivity index (χ2n) is 5.44. The zero-order valence-corrected chi connectivity index (χ0v) is 11.4. The molecule has 17 heavy (non-hydrogen) atoms. The van der Waals surface area contributed by atoms with Crippen molar-refractivity contribution in [2.45, 2.75) is 38.3 Å². The first-order chi connectivity index (χ1) is 8.34. The van der Waals surface area contributed by atoms with Crippen LogP contribution in [0.2, 0.25) is 0 Å². The van der Waals surface area contributed by atoms with Crippen LogP contribution in [0.1, 0.15) is 37.1 Å². The Morgan fingerprint density at radius 3 is 3.06 bits per heavy atom. The summed E-state index contributed by atoms with van der Waals surface area (Å²) in [5.74, 6) is 0.964. The van der Waals surface area contributed by atoms with Crippen molar-refractivity contribution in [1.29, 1.82) is 0 Å². The van der Waals surface area contributed by atoms with Gasteiger partial charge in [-0.3, -0.25) is 4.90 Å². The Bertz CT molecular complexity index is 345. The zero-order chi connectivity index (χ0) is 11.7. The zero-order valence-electron chi connectivity index (χ0n) is 10.6. The van der Waals surface area contributed by atoms with E-state index in [-0.39, 0.29) is 0 Å². The molecule has 1 aliphatic carbocycles. The van der Waals surface area contributed by atoms with E-state index in [4.69, 9.17) is 0 Å². The molecule has 2 unspecified atom stereocenters. The molecule has 2 atom stereocenters. The lowest BCUT2D eigenvalue weighted by molar-refractivity contribution is 0.203. The molecule has 0 aromatic carbocycles. The average molecular weight is 250 g/mol. The molecule has 3 rings (SSSR count). The quantitative estimate of drug-likeness (QED) is 0.887. The highest BCUT2D eigenvalue weighted by Crippen LogP contribution is 2.35. The highest BCUT2D eigenvalue weighted by molar-refractivity contribution is 7.10. The summed E-state index contributed by atoms with van der Waals surface area (Å²) in [5, 5.41) is 5.93. The first kappa shape index (κ1) is 11.7. The molecule has 3 heteroatoms. The number of hydrogen-bond acceptors (Lipinski definition) is 3. The first-order valence-electron chi connectivity index (χ1n) is 6.85. The Labute approximate surface area is 108 Å². The Hall–Kier alpha value is -0.380. The number of nitrogens with one attached hydrogen (secondary N) is 1. The summed E-state index contributed by atoms with van der Waals surface area (Å²) in [6, 6.07) is 5.79. The van der Waals surface area contributed by atoms with E-state index in [0.717, 1.165) is 12.0 Å². The maximum atomic E-state index is 3.74. The van der Waals surface area contributed by atoms with E-state index in [1.54, 1.807) is 0 Å². The van der Waals surface area contributed by atoms with Gasteiger partial charge in [-0.05, 0) is 50.1 Å². The molecular weight excluding hydrogens is 228 g/mol. The molecule has 1 aliphatic heterocycles. The van der Waals surface area contributed by atoms with Gasteiger partial charge in [0.15, 0.2) is 0 Å². The van der Waals surface area contributed by atoms with Gasteiger partial charge in [-0.25, -0.2) is 0 Å². The van der Waals surface area contributed by atoms with Gasteiger partial charge in [-0.2, -0.15) is 0 Å². The molecule has 1 saturated carbocycles. The fourth-order valence-electron chi connectivity index (χ4n) is 2.85. The van der Waals surface area contributed by atoms with Crippen molar-refractivity contribution in [3.8, 4) is 0 Å². The molecule has 94 valence electrons.